The molecule has 4 bridgehead atoms. The quantitative estimate of drug-likeness (QED) is 0.843. The number of hydrogen-bond acceptors (Lipinski definition) is 3. The second-order valence-corrected chi connectivity index (χ2v) is 9.64. The number of aromatic nitrogens is 2. The molecule has 6 rings (SSSR count). The van der Waals surface area contributed by atoms with Crippen molar-refractivity contribution in [3.05, 3.63) is 16.9 Å². The Labute approximate surface area is 159 Å². The minimum Gasteiger partial charge on any atom is -0.390 e. The number of rotatable bonds is 3. The summed E-state index contributed by atoms with van der Waals surface area (Å²) in [6.07, 6.45) is 12.4. The fraction of sp³-hybridized carbons (Fsp3) is 0.800. The standard InChI is InChI=1S/C20H28ClN3O2/c21-18-16(11-22-24(18)15-4-2-1-3-5-15)19(25)23-17-13-6-12-7-14(17)10-20(26,8-12)9-13/h11-15,17,26H,1-10H2,(H,23,25). The lowest BCUT2D eigenvalue weighted by Crippen LogP contribution is -2.61. The van der Waals surface area contributed by atoms with Crippen LogP contribution in [-0.2, 0) is 0 Å². The molecule has 142 valence electrons. The zero-order valence-electron chi connectivity index (χ0n) is 15.2. The van der Waals surface area contributed by atoms with Crippen LogP contribution in [0.25, 0.3) is 0 Å². The second-order valence-electron chi connectivity index (χ2n) is 9.28. The van der Waals surface area contributed by atoms with Crippen molar-refractivity contribution in [3.63, 3.8) is 0 Å². The molecule has 1 heterocycles. The van der Waals surface area contributed by atoms with Crippen LogP contribution >= 0.6 is 11.6 Å². The highest BCUT2D eigenvalue weighted by atomic mass is 35.5. The molecule has 0 saturated heterocycles. The van der Waals surface area contributed by atoms with Gasteiger partial charge in [0.15, 0.2) is 0 Å². The van der Waals surface area contributed by atoms with Gasteiger partial charge in [0.05, 0.1) is 23.4 Å². The molecule has 2 atom stereocenters. The highest BCUT2D eigenvalue weighted by molar-refractivity contribution is 6.32. The van der Waals surface area contributed by atoms with Crippen LogP contribution in [0, 0.1) is 17.8 Å². The molecule has 5 nitrogen and oxygen atoms in total. The molecule has 6 heteroatoms. The molecule has 5 fully saturated rings. The highest BCUT2D eigenvalue weighted by Crippen LogP contribution is 2.55. The summed E-state index contributed by atoms with van der Waals surface area (Å²) in [5.74, 6) is 1.36. The first-order valence-electron chi connectivity index (χ1n) is 10.3. The van der Waals surface area contributed by atoms with Gasteiger partial charge in [-0.15, -0.1) is 0 Å². The number of amides is 1. The largest absolute Gasteiger partial charge is 0.390 e. The fourth-order valence-electron chi connectivity index (χ4n) is 6.53. The molecule has 0 radical (unpaired) electrons. The van der Waals surface area contributed by atoms with Crippen LogP contribution in [0.4, 0.5) is 0 Å². The zero-order valence-corrected chi connectivity index (χ0v) is 15.9. The van der Waals surface area contributed by atoms with Crippen LogP contribution in [0.3, 0.4) is 0 Å². The maximum atomic E-state index is 12.9. The SMILES string of the molecule is O=C(NC1C2CC3CC1CC(O)(C3)C2)c1cnn(C2CCCCC2)c1Cl. The van der Waals surface area contributed by atoms with Crippen molar-refractivity contribution in [2.45, 2.75) is 81.9 Å². The topological polar surface area (TPSA) is 67.2 Å². The van der Waals surface area contributed by atoms with Gasteiger partial charge < -0.3 is 10.4 Å². The van der Waals surface area contributed by atoms with Gasteiger partial charge in [0.2, 0.25) is 0 Å². The summed E-state index contributed by atoms with van der Waals surface area (Å²) in [7, 11) is 0. The van der Waals surface area contributed by atoms with E-state index in [9.17, 15) is 9.90 Å². The summed E-state index contributed by atoms with van der Waals surface area (Å²) < 4.78 is 1.86. The normalized spacial score (nSPS) is 39.3. The number of carbonyl (C=O) groups is 1. The van der Waals surface area contributed by atoms with E-state index in [4.69, 9.17) is 11.6 Å². The first-order chi connectivity index (χ1) is 12.5. The first-order valence-corrected chi connectivity index (χ1v) is 10.7. The van der Waals surface area contributed by atoms with E-state index in [-0.39, 0.29) is 11.9 Å². The van der Waals surface area contributed by atoms with Crippen molar-refractivity contribution in [2.75, 3.05) is 0 Å². The van der Waals surface area contributed by atoms with Gasteiger partial charge in [-0.25, -0.2) is 0 Å². The van der Waals surface area contributed by atoms with Crippen molar-refractivity contribution >= 4 is 17.5 Å². The van der Waals surface area contributed by atoms with E-state index in [0.717, 1.165) is 44.9 Å². The van der Waals surface area contributed by atoms with E-state index in [2.05, 4.69) is 10.4 Å². The Hall–Kier alpha value is -1.07. The van der Waals surface area contributed by atoms with Crippen molar-refractivity contribution < 1.29 is 9.90 Å². The summed E-state index contributed by atoms with van der Waals surface area (Å²) in [4.78, 5) is 12.9. The molecule has 1 aromatic rings. The molecule has 0 aromatic carbocycles. The summed E-state index contributed by atoms with van der Waals surface area (Å²) in [5, 5.41) is 18.9. The monoisotopic (exact) mass is 377 g/mol. The van der Waals surface area contributed by atoms with Gasteiger partial charge in [-0.1, -0.05) is 30.9 Å². The van der Waals surface area contributed by atoms with E-state index in [0.29, 0.717) is 34.5 Å². The Morgan fingerprint density at radius 2 is 1.88 bits per heavy atom. The van der Waals surface area contributed by atoms with E-state index in [1.807, 2.05) is 4.68 Å². The van der Waals surface area contributed by atoms with Crippen LogP contribution in [0.1, 0.15) is 80.6 Å². The highest BCUT2D eigenvalue weighted by Gasteiger charge is 2.55. The lowest BCUT2D eigenvalue weighted by molar-refractivity contribution is -0.136. The number of nitrogens with one attached hydrogen (secondary N) is 1. The van der Waals surface area contributed by atoms with E-state index in [1.54, 1.807) is 6.20 Å². The van der Waals surface area contributed by atoms with Gasteiger partial charge in [-0.05, 0) is 62.7 Å². The molecule has 0 spiro atoms. The Morgan fingerprint density at radius 3 is 2.54 bits per heavy atom. The fourth-order valence-corrected chi connectivity index (χ4v) is 6.84. The van der Waals surface area contributed by atoms with Crippen molar-refractivity contribution in [2.24, 2.45) is 17.8 Å². The molecule has 0 aliphatic heterocycles. The molecule has 2 unspecified atom stereocenters. The lowest BCUT2D eigenvalue weighted by atomic mass is 9.52. The van der Waals surface area contributed by atoms with Gasteiger partial charge in [0.1, 0.15) is 5.15 Å². The van der Waals surface area contributed by atoms with Crippen molar-refractivity contribution in [1.82, 2.24) is 15.1 Å². The maximum absolute atomic E-state index is 12.9. The van der Waals surface area contributed by atoms with Crippen molar-refractivity contribution in [1.29, 1.82) is 0 Å². The third-order valence-electron chi connectivity index (χ3n) is 7.44. The van der Waals surface area contributed by atoms with Gasteiger partial charge in [0, 0.05) is 6.04 Å². The summed E-state index contributed by atoms with van der Waals surface area (Å²) in [5.41, 5.74) is 0.0334. The van der Waals surface area contributed by atoms with Gasteiger partial charge in [0.25, 0.3) is 5.91 Å². The average molecular weight is 378 g/mol. The average Bonchev–Trinajstić information content (AvgIpc) is 2.99. The van der Waals surface area contributed by atoms with Crippen LogP contribution < -0.4 is 5.32 Å². The maximum Gasteiger partial charge on any atom is 0.256 e. The predicted molar refractivity (Wildman–Crippen MR) is 99.1 cm³/mol. The third kappa shape index (κ3) is 2.78. The van der Waals surface area contributed by atoms with Gasteiger partial charge in [-0.3, -0.25) is 9.48 Å². The number of hydrogen-bond donors (Lipinski definition) is 2. The summed E-state index contributed by atoms with van der Waals surface area (Å²) in [6.45, 7) is 0. The molecule has 1 amide bonds. The van der Waals surface area contributed by atoms with E-state index >= 15 is 0 Å². The van der Waals surface area contributed by atoms with Crippen LogP contribution in [0.15, 0.2) is 6.20 Å². The molecule has 5 aliphatic carbocycles. The van der Waals surface area contributed by atoms with E-state index in [1.165, 1.54) is 19.3 Å². The third-order valence-corrected chi connectivity index (χ3v) is 7.82. The Bertz CT molecular complexity index is 696. The molecule has 2 N–H and O–H groups in total. The first kappa shape index (κ1) is 17.1. The van der Waals surface area contributed by atoms with Crippen LogP contribution in [0.2, 0.25) is 5.15 Å². The number of carbonyl (C=O) groups excluding carboxylic acids is 1. The van der Waals surface area contributed by atoms with Gasteiger partial charge in [-0.2, -0.15) is 5.10 Å². The molecule has 5 saturated carbocycles. The second kappa shape index (κ2) is 6.23. The molecular weight excluding hydrogens is 350 g/mol. The predicted octanol–water partition coefficient (Wildman–Crippen LogP) is 3.71. The smallest absolute Gasteiger partial charge is 0.256 e. The molecule has 1 aromatic heterocycles. The molecule has 5 aliphatic rings. The Kier molecular flexibility index (Phi) is 4.09. The van der Waals surface area contributed by atoms with Crippen molar-refractivity contribution in [3.8, 4) is 0 Å². The van der Waals surface area contributed by atoms with E-state index < -0.39 is 5.60 Å². The van der Waals surface area contributed by atoms with Gasteiger partial charge >= 0.3 is 0 Å². The Balaban J connectivity index is 1.31. The summed E-state index contributed by atoms with van der Waals surface area (Å²) in [6, 6.07) is 0.502. The summed E-state index contributed by atoms with van der Waals surface area (Å²) >= 11 is 6.54. The van der Waals surface area contributed by atoms with Crippen LogP contribution in [0.5, 0.6) is 0 Å². The molecular formula is C20H28ClN3O2. The number of nitrogens with zero attached hydrogens (tertiary/aromatic N) is 2. The number of aliphatic hydroxyl groups is 1. The Morgan fingerprint density at radius 1 is 1.19 bits per heavy atom. The lowest BCUT2D eigenvalue weighted by Gasteiger charge is -2.58. The number of halogens is 1. The van der Waals surface area contributed by atoms with Crippen LogP contribution in [-0.4, -0.2) is 32.4 Å². The minimum atomic E-state index is -0.471. The zero-order chi connectivity index (χ0) is 17.9. The minimum absolute atomic E-state index is 0.0958. The molecule has 26 heavy (non-hydrogen) atoms.